The van der Waals surface area contributed by atoms with E-state index in [4.69, 9.17) is 9.47 Å². The largest absolute Gasteiger partial charge is 0.485 e. The zero-order chi connectivity index (χ0) is 18.9. The number of fused-ring (bicyclic) bond motifs is 1. The van der Waals surface area contributed by atoms with E-state index in [1.165, 1.54) is 18.4 Å². The topological polar surface area (TPSA) is 42.0 Å². The number of carbonyl (C=O) groups excluding carboxylic acids is 1. The maximum Gasteiger partial charge on any atom is 0.267 e. The third-order valence-corrected chi connectivity index (χ3v) is 5.96. The summed E-state index contributed by atoms with van der Waals surface area (Å²) in [5, 5.41) is 0. The predicted octanol–water partition coefficient (Wildman–Crippen LogP) is 2.74. The lowest BCUT2D eigenvalue weighted by Crippen LogP contribution is -2.60. The van der Waals surface area contributed by atoms with E-state index in [1.807, 2.05) is 35.2 Å². The van der Waals surface area contributed by atoms with Crippen LogP contribution in [0.5, 0.6) is 11.5 Å². The minimum atomic E-state index is -0.569. The van der Waals surface area contributed by atoms with Crippen molar-refractivity contribution in [3.8, 4) is 11.5 Å². The molecule has 0 bridgehead atoms. The molecular formula is C23H26N2O3. The van der Waals surface area contributed by atoms with Crippen LogP contribution in [0.4, 0.5) is 0 Å². The molecule has 0 N–H and O–H groups in total. The van der Waals surface area contributed by atoms with Crippen molar-refractivity contribution in [1.82, 2.24) is 9.80 Å². The SMILES string of the molecule is O=C(C1COc2ccccc2O1)N1CCN(C2CC2)CC1Cc1ccccc1. The summed E-state index contributed by atoms with van der Waals surface area (Å²) >= 11 is 0. The van der Waals surface area contributed by atoms with Gasteiger partial charge in [0.1, 0.15) is 6.61 Å². The average molecular weight is 378 g/mol. The first-order valence-electron chi connectivity index (χ1n) is 10.2. The smallest absolute Gasteiger partial charge is 0.267 e. The Morgan fingerprint density at radius 1 is 0.964 bits per heavy atom. The normalized spacial score (nSPS) is 24.8. The van der Waals surface area contributed by atoms with Crippen molar-refractivity contribution in [2.45, 2.75) is 37.5 Å². The highest BCUT2D eigenvalue weighted by Gasteiger charge is 2.40. The summed E-state index contributed by atoms with van der Waals surface area (Å²) in [5.74, 6) is 1.42. The van der Waals surface area contributed by atoms with E-state index < -0.39 is 6.10 Å². The van der Waals surface area contributed by atoms with Crippen LogP contribution in [0.1, 0.15) is 18.4 Å². The van der Waals surface area contributed by atoms with E-state index in [1.54, 1.807) is 0 Å². The summed E-state index contributed by atoms with van der Waals surface area (Å²) in [5.41, 5.74) is 1.27. The first-order chi connectivity index (χ1) is 13.8. The van der Waals surface area contributed by atoms with Crippen molar-refractivity contribution >= 4 is 5.91 Å². The molecule has 1 amide bonds. The van der Waals surface area contributed by atoms with Gasteiger partial charge in [-0.1, -0.05) is 42.5 Å². The average Bonchev–Trinajstić information content (AvgIpc) is 3.59. The molecule has 0 aromatic heterocycles. The molecule has 28 heavy (non-hydrogen) atoms. The Bertz CT molecular complexity index is 837. The highest BCUT2D eigenvalue weighted by molar-refractivity contribution is 5.82. The van der Waals surface area contributed by atoms with Crippen molar-refractivity contribution in [3.05, 3.63) is 60.2 Å². The number of benzene rings is 2. The van der Waals surface area contributed by atoms with Gasteiger partial charge in [0.05, 0.1) is 0 Å². The molecular weight excluding hydrogens is 352 g/mol. The lowest BCUT2D eigenvalue weighted by Gasteiger charge is -2.43. The van der Waals surface area contributed by atoms with E-state index in [0.29, 0.717) is 11.5 Å². The zero-order valence-electron chi connectivity index (χ0n) is 16.0. The molecule has 5 nitrogen and oxygen atoms in total. The third kappa shape index (κ3) is 3.59. The molecule has 2 aromatic carbocycles. The summed E-state index contributed by atoms with van der Waals surface area (Å²) < 4.78 is 11.8. The number of piperazine rings is 1. The van der Waals surface area contributed by atoms with Crippen molar-refractivity contribution in [1.29, 1.82) is 0 Å². The fourth-order valence-electron chi connectivity index (χ4n) is 4.33. The number of ether oxygens (including phenoxy) is 2. The van der Waals surface area contributed by atoms with E-state index in [0.717, 1.165) is 32.1 Å². The Kier molecular flexibility index (Phi) is 4.69. The van der Waals surface area contributed by atoms with Crippen LogP contribution in [-0.2, 0) is 11.2 Å². The van der Waals surface area contributed by atoms with Crippen LogP contribution in [0.15, 0.2) is 54.6 Å². The lowest BCUT2D eigenvalue weighted by atomic mass is 10.0. The molecule has 3 aliphatic rings. The van der Waals surface area contributed by atoms with Crippen LogP contribution in [0.25, 0.3) is 0 Å². The molecule has 5 rings (SSSR count). The molecule has 0 radical (unpaired) electrons. The molecule has 1 saturated carbocycles. The van der Waals surface area contributed by atoms with Crippen molar-refractivity contribution in [3.63, 3.8) is 0 Å². The van der Waals surface area contributed by atoms with Crippen LogP contribution < -0.4 is 9.47 Å². The maximum atomic E-state index is 13.4. The molecule has 2 aromatic rings. The molecule has 1 saturated heterocycles. The van der Waals surface area contributed by atoms with Gasteiger partial charge in [0, 0.05) is 31.7 Å². The second kappa shape index (κ2) is 7.47. The molecule has 2 heterocycles. The van der Waals surface area contributed by atoms with Crippen LogP contribution in [0.3, 0.4) is 0 Å². The summed E-state index contributed by atoms with van der Waals surface area (Å²) in [7, 11) is 0. The Balaban J connectivity index is 1.33. The Labute approximate surface area is 165 Å². The zero-order valence-corrected chi connectivity index (χ0v) is 16.0. The molecule has 146 valence electrons. The van der Waals surface area contributed by atoms with Crippen LogP contribution in [0.2, 0.25) is 0 Å². The van der Waals surface area contributed by atoms with Gasteiger partial charge >= 0.3 is 0 Å². The number of carbonyl (C=O) groups is 1. The number of rotatable bonds is 4. The first-order valence-corrected chi connectivity index (χ1v) is 10.2. The van der Waals surface area contributed by atoms with E-state index in [9.17, 15) is 4.79 Å². The number of para-hydroxylation sites is 2. The molecule has 5 heteroatoms. The number of nitrogens with zero attached hydrogens (tertiary/aromatic N) is 2. The lowest BCUT2D eigenvalue weighted by molar-refractivity contribution is -0.146. The monoisotopic (exact) mass is 378 g/mol. The Hall–Kier alpha value is -2.53. The van der Waals surface area contributed by atoms with Crippen molar-refractivity contribution < 1.29 is 14.3 Å². The minimum absolute atomic E-state index is 0.0471. The van der Waals surface area contributed by atoms with Crippen LogP contribution in [0, 0.1) is 0 Å². The van der Waals surface area contributed by atoms with Crippen molar-refractivity contribution in [2.75, 3.05) is 26.2 Å². The number of hydrogen-bond donors (Lipinski definition) is 0. The van der Waals surface area contributed by atoms with E-state index in [-0.39, 0.29) is 18.6 Å². The van der Waals surface area contributed by atoms with Gasteiger partial charge in [-0.2, -0.15) is 0 Å². The van der Waals surface area contributed by atoms with Crippen molar-refractivity contribution in [2.24, 2.45) is 0 Å². The Morgan fingerprint density at radius 3 is 2.50 bits per heavy atom. The molecule has 0 spiro atoms. The molecule has 1 aliphatic carbocycles. The number of hydrogen-bond acceptors (Lipinski definition) is 4. The van der Waals surface area contributed by atoms with Gasteiger partial charge in [0.15, 0.2) is 11.5 Å². The quantitative estimate of drug-likeness (QED) is 0.821. The van der Waals surface area contributed by atoms with E-state index >= 15 is 0 Å². The standard InChI is InChI=1S/C23H26N2O3/c26-23(22-16-27-20-8-4-5-9-21(20)28-22)25-13-12-24(18-10-11-18)15-19(25)14-17-6-2-1-3-7-17/h1-9,18-19,22H,10-16H2. The summed E-state index contributed by atoms with van der Waals surface area (Å²) in [6.07, 6.45) is 2.89. The predicted molar refractivity (Wildman–Crippen MR) is 107 cm³/mol. The van der Waals surface area contributed by atoms with Gasteiger partial charge < -0.3 is 14.4 Å². The van der Waals surface area contributed by atoms with Crippen LogP contribution >= 0.6 is 0 Å². The fourth-order valence-corrected chi connectivity index (χ4v) is 4.33. The number of amides is 1. The summed E-state index contributed by atoms with van der Waals surface area (Å²) in [6.45, 7) is 2.92. The first kappa shape index (κ1) is 17.6. The fraction of sp³-hybridized carbons (Fsp3) is 0.435. The van der Waals surface area contributed by atoms with Gasteiger partial charge in [0.2, 0.25) is 6.10 Å². The maximum absolute atomic E-state index is 13.4. The molecule has 2 atom stereocenters. The highest BCUT2D eigenvalue weighted by atomic mass is 16.6. The Morgan fingerprint density at radius 2 is 1.71 bits per heavy atom. The van der Waals surface area contributed by atoms with Gasteiger partial charge in [-0.3, -0.25) is 9.69 Å². The molecule has 2 fully saturated rings. The minimum Gasteiger partial charge on any atom is -0.485 e. The van der Waals surface area contributed by atoms with Gasteiger partial charge in [-0.25, -0.2) is 0 Å². The second-order valence-corrected chi connectivity index (χ2v) is 7.97. The third-order valence-electron chi connectivity index (χ3n) is 5.96. The van der Waals surface area contributed by atoms with Gasteiger partial charge in [-0.15, -0.1) is 0 Å². The second-order valence-electron chi connectivity index (χ2n) is 7.97. The summed E-state index contributed by atoms with van der Waals surface area (Å²) in [6, 6.07) is 18.9. The van der Waals surface area contributed by atoms with Gasteiger partial charge in [0.25, 0.3) is 5.91 Å². The molecule has 2 unspecified atom stereocenters. The van der Waals surface area contributed by atoms with E-state index in [2.05, 4.69) is 29.2 Å². The van der Waals surface area contributed by atoms with Gasteiger partial charge in [-0.05, 0) is 37.0 Å². The highest BCUT2D eigenvalue weighted by Crippen LogP contribution is 2.33. The summed E-state index contributed by atoms with van der Waals surface area (Å²) in [4.78, 5) is 18.0. The van der Waals surface area contributed by atoms with Crippen LogP contribution in [-0.4, -0.2) is 60.1 Å². The molecule has 2 aliphatic heterocycles.